The number of hydrogen-bond acceptors (Lipinski definition) is 2. The normalized spacial score (nSPS) is 8.10. The summed E-state index contributed by atoms with van der Waals surface area (Å²) < 4.78 is 0. The zero-order valence-electron chi connectivity index (χ0n) is 12.7. The van der Waals surface area contributed by atoms with Crippen molar-refractivity contribution in [2.24, 2.45) is 0 Å². The van der Waals surface area contributed by atoms with Crippen LogP contribution in [0, 0.1) is 18.8 Å². The summed E-state index contributed by atoms with van der Waals surface area (Å²) in [5.74, 6) is 5.95. The van der Waals surface area contributed by atoms with Gasteiger partial charge in [-0.2, -0.15) is 0 Å². The first-order valence-electron chi connectivity index (χ1n) is 6.81. The Morgan fingerprint density at radius 2 is 1.50 bits per heavy atom. The van der Waals surface area contributed by atoms with Gasteiger partial charge in [0.25, 0.3) is 0 Å². The molecule has 0 aliphatic heterocycles. The van der Waals surface area contributed by atoms with Gasteiger partial charge in [-0.05, 0) is 42.6 Å². The van der Waals surface area contributed by atoms with E-state index in [4.69, 9.17) is 11.6 Å². The van der Waals surface area contributed by atoms with Crippen molar-refractivity contribution in [3.63, 3.8) is 0 Å². The first-order valence-corrected chi connectivity index (χ1v) is 7.19. The average molecular weight is 289 g/mol. The summed E-state index contributed by atoms with van der Waals surface area (Å²) in [6.45, 7) is 10.0. The van der Waals surface area contributed by atoms with Crippen LogP contribution in [0.3, 0.4) is 0 Å². The molecule has 0 amide bonds. The van der Waals surface area contributed by atoms with Crippen molar-refractivity contribution < 1.29 is 0 Å². The van der Waals surface area contributed by atoms with Crippen LogP contribution in [-0.2, 0) is 0 Å². The number of aryl methyl sites for hydroxylation is 1. The van der Waals surface area contributed by atoms with E-state index in [9.17, 15) is 0 Å². The van der Waals surface area contributed by atoms with Crippen LogP contribution in [0.25, 0.3) is 0 Å². The molecule has 2 aromatic rings. The highest BCUT2D eigenvalue weighted by molar-refractivity contribution is 6.28. The molecule has 2 nitrogen and oxygen atoms in total. The van der Waals surface area contributed by atoms with Crippen LogP contribution in [0.4, 0.5) is 0 Å². The molecule has 0 atom stereocenters. The first kappa shape index (κ1) is 18.1. The summed E-state index contributed by atoms with van der Waals surface area (Å²) in [4.78, 5) is 7.78. The van der Waals surface area contributed by atoms with E-state index in [0.717, 1.165) is 5.56 Å². The lowest BCUT2D eigenvalue weighted by Crippen LogP contribution is -1.85. The lowest BCUT2D eigenvalue weighted by molar-refractivity contribution is 1.15. The van der Waals surface area contributed by atoms with Crippen molar-refractivity contribution in [2.45, 2.75) is 34.6 Å². The number of nitrogens with zero attached hydrogens (tertiary/aromatic N) is 2. The fourth-order valence-corrected chi connectivity index (χ4v) is 1.33. The van der Waals surface area contributed by atoms with Crippen LogP contribution in [-0.4, -0.2) is 9.97 Å². The largest absolute Gasteiger partial charge is 0.226 e. The fourth-order valence-electron chi connectivity index (χ4n) is 1.18. The van der Waals surface area contributed by atoms with E-state index in [1.807, 2.05) is 58.9 Å². The molecule has 0 N–H and O–H groups in total. The summed E-state index contributed by atoms with van der Waals surface area (Å²) in [6.07, 6.45) is 1.59. The minimum atomic E-state index is 0.218. The Morgan fingerprint density at radius 1 is 0.900 bits per heavy atom. The summed E-state index contributed by atoms with van der Waals surface area (Å²) in [5, 5.41) is 0.218. The van der Waals surface area contributed by atoms with Crippen LogP contribution in [0.15, 0.2) is 36.5 Å². The highest BCUT2D eigenvalue weighted by atomic mass is 35.5. The second-order valence-corrected chi connectivity index (χ2v) is 3.66. The molecule has 106 valence electrons. The van der Waals surface area contributed by atoms with Gasteiger partial charge in [-0.3, -0.25) is 0 Å². The molecule has 0 saturated carbocycles. The van der Waals surface area contributed by atoms with Gasteiger partial charge in [0.2, 0.25) is 5.28 Å². The van der Waals surface area contributed by atoms with E-state index in [1.54, 1.807) is 12.3 Å². The molecule has 0 fully saturated rings. The molecule has 0 spiro atoms. The Balaban J connectivity index is 0.000000829. The maximum atomic E-state index is 5.66. The van der Waals surface area contributed by atoms with E-state index in [0.29, 0.717) is 5.69 Å². The quantitative estimate of drug-likeness (QED) is 0.509. The smallest absolute Gasteiger partial charge is 0.223 e. The predicted octanol–water partition coefficient (Wildman–Crippen LogP) is 4.89. The lowest BCUT2D eigenvalue weighted by atomic mass is 10.1. The molecule has 0 bridgehead atoms. The van der Waals surface area contributed by atoms with Crippen LogP contribution in [0.2, 0.25) is 5.28 Å². The van der Waals surface area contributed by atoms with Crippen molar-refractivity contribution in [2.75, 3.05) is 0 Å². The SMILES string of the molecule is CC.CC.Cc1ccc(C#Cc2ccnc(Cl)n2)cc1. The van der Waals surface area contributed by atoms with Gasteiger partial charge in [-0.25, -0.2) is 9.97 Å². The van der Waals surface area contributed by atoms with Crippen LogP contribution >= 0.6 is 11.6 Å². The molecule has 0 radical (unpaired) electrons. The first-order chi connectivity index (χ1) is 9.74. The monoisotopic (exact) mass is 288 g/mol. The van der Waals surface area contributed by atoms with Gasteiger partial charge < -0.3 is 0 Å². The molecule has 0 aliphatic rings. The maximum Gasteiger partial charge on any atom is 0.223 e. The molecule has 0 saturated heterocycles. The fraction of sp³-hybridized carbons (Fsp3) is 0.294. The molecule has 20 heavy (non-hydrogen) atoms. The topological polar surface area (TPSA) is 25.8 Å². The third-order valence-corrected chi connectivity index (χ3v) is 2.19. The average Bonchev–Trinajstić information content (AvgIpc) is 2.51. The Kier molecular flexibility index (Phi) is 10.00. The number of hydrogen-bond donors (Lipinski definition) is 0. The van der Waals surface area contributed by atoms with Crippen molar-refractivity contribution in [3.8, 4) is 11.8 Å². The van der Waals surface area contributed by atoms with E-state index < -0.39 is 0 Å². The molecule has 2 rings (SSSR count). The summed E-state index contributed by atoms with van der Waals surface area (Å²) in [5.41, 5.74) is 2.80. The molecule has 1 aromatic carbocycles. The predicted molar refractivity (Wildman–Crippen MR) is 86.9 cm³/mol. The summed E-state index contributed by atoms with van der Waals surface area (Å²) in [7, 11) is 0. The van der Waals surface area contributed by atoms with Crippen LogP contribution in [0.1, 0.15) is 44.5 Å². The third-order valence-electron chi connectivity index (χ3n) is 2.01. The van der Waals surface area contributed by atoms with Gasteiger partial charge in [0.15, 0.2) is 0 Å². The van der Waals surface area contributed by atoms with Crippen molar-refractivity contribution >= 4 is 11.6 Å². The van der Waals surface area contributed by atoms with Gasteiger partial charge in [0, 0.05) is 11.8 Å². The summed E-state index contributed by atoms with van der Waals surface area (Å²) in [6, 6.07) is 9.73. The van der Waals surface area contributed by atoms with Gasteiger partial charge in [0.05, 0.1) is 0 Å². The van der Waals surface area contributed by atoms with Crippen LogP contribution < -0.4 is 0 Å². The van der Waals surface area contributed by atoms with Crippen LogP contribution in [0.5, 0.6) is 0 Å². The zero-order valence-corrected chi connectivity index (χ0v) is 13.5. The van der Waals surface area contributed by atoms with Gasteiger partial charge >= 0.3 is 0 Å². The number of rotatable bonds is 0. The standard InChI is InChI=1S/C13H9ClN2.2C2H6/c1-10-2-4-11(5-3-10)6-7-12-8-9-15-13(14)16-12;2*1-2/h2-5,8-9H,1H3;2*1-2H3. The second kappa shape index (κ2) is 11.0. The van der Waals surface area contributed by atoms with Gasteiger partial charge in [-0.1, -0.05) is 51.3 Å². The Labute approximate surface area is 127 Å². The Morgan fingerprint density at radius 3 is 2.05 bits per heavy atom. The van der Waals surface area contributed by atoms with Crippen molar-refractivity contribution in [1.82, 2.24) is 9.97 Å². The number of halogens is 1. The Hall–Kier alpha value is -1.85. The minimum Gasteiger partial charge on any atom is -0.226 e. The van der Waals surface area contributed by atoms with E-state index in [2.05, 4.69) is 21.8 Å². The zero-order chi connectivity index (χ0) is 15.4. The van der Waals surface area contributed by atoms with Gasteiger partial charge in [0.1, 0.15) is 5.69 Å². The highest BCUT2D eigenvalue weighted by Crippen LogP contribution is 2.02. The minimum absolute atomic E-state index is 0.218. The van der Waals surface area contributed by atoms with Gasteiger partial charge in [-0.15, -0.1) is 0 Å². The molecular formula is C17H21ClN2. The highest BCUT2D eigenvalue weighted by Gasteiger charge is 1.91. The van der Waals surface area contributed by atoms with E-state index >= 15 is 0 Å². The van der Waals surface area contributed by atoms with Crippen molar-refractivity contribution in [3.05, 3.63) is 58.6 Å². The number of aromatic nitrogens is 2. The molecular weight excluding hydrogens is 268 g/mol. The molecule has 1 heterocycles. The van der Waals surface area contributed by atoms with E-state index in [-0.39, 0.29) is 5.28 Å². The third kappa shape index (κ3) is 6.92. The molecule has 3 heteroatoms. The van der Waals surface area contributed by atoms with Crippen molar-refractivity contribution in [1.29, 1.82) is 0 Å². The summed E-state index contributed by atoms with van der Waals surface area (Å²) >= 11 is 5.66. The second-order valence-electron chi connectivity index (χ2n) is 3.33. The Bertz CT molecular complexity index is 551. The maximum absolute atomic E-state index is 5.66. The molecule has 1 aromatic heterocycles. The van der Waals surface area contributed by atoms with E-state index in [1.165, 1.54) is 5.56 Å². The molecule has 0 unspecified atom stereocenters. The number of benzene rings is 1. The lowest BCUT2D eigenvalue weighted by Gasteiger charge is -1.92. The molecule has 0 aliphatic carbocycles.